The third kappa shape index (κ3) is 2.53. The fourth-order valence-electron chi connectivity index (χ4n) is 1.56. The van der Waals surface area contributed by atoms with Crippen molar-refractivity contribution in [1.29, 1.82) is 0 Å². The number of benzene rings is 2. The lowest BCUT2D eigenvalue weighted by Gasteiger charge is -2.13. The first-order valence-corrected chi connectivity index (χ1v) is 5.76. The van der Waals surface area contributed by atoms with Crippen molar-refractivity contribution in [1.82, 2.24) is 0 Å². The van der Waals surface area contributed by atoms with Crippen molar-refractivity contribution in [3.8, 4) is 0 Å². The van der Waals surface area contributed by atoms with Crippen LogP contribution in [0.1, 0.15) is 17.2 Å². The summed E-state index contributed by atoms with van der Waals surface area (Å²) in [6.45, 7) is 0. The van der Waals surface area contributed by atoms with Gasteiger partial charge in [-0.15, -0.1) is 0 Å². The predicted octanol–water partition coefficient (Wildman–Crippen LogP) is 3.81. The normalized spacial score (nSPS) is 12.5. The molecule has 1 N–H and O–H groups in total. The van der Waals surface area contributed by atoms with Gasteiger partial charge in [0.05, 0.1) is 0 Å². The van der Waals surface area contributed by atoms with Gasteiger partial charge in [-0.2, -0.15) is 0 Å². The molecule has 0 heterocycles. The molecule has 0 spiro atoms. The van der Waals surface area contributed by atoms with Gasteiger partial charge in [-0.25, -0.2) is 8.78 Å². The van der Waals surface area contributed by atoms with Crippen LogP contribution in [0.5, 0.6) is 0 Å². The van der Waals surface area contributed by atoms with Gasteiger partial charge >= 0.3 is 0 Å². The Bertz CT molecular complexity index is 543. The molecular weight excluding hydrogens is 290 g/mol. The van der Waals surface area contributed by atoms with Gasteiger partial charge in [-0.05, 0) is 29.3 Å². The third-order valence-electron chi connectivity index (χ3n) is 2.46. The molecular formula is C13H9BrF2O. The van der Waals surface area contributed by atoms with E-state index in [0.717, 1.165) is 16.6 Å². The lowest BCUT2D eigenvalue weighted by Crippen LogP contribution is -2.01. The van der Waals surface area contributed by atoms with E-state index in [0.29, 0.717) is 11.1 Å². The standard InChI is InChI=1S/C13H9BrF2O/c14-10-4-2-1-3-9(10)13(17)8-5-6-11(15)12(16)7-8/h1-7,13,17H/t13-/m0/s1. The van der Waals surface area contributed by atoms with Gasteiger partial charge in [0, 0.05) is 4.47 Å². The molecule has 0 aliphatic rings. The Balaban J connectivity index is 2.40. The van der Waals surface area contributed by atoms with E-state index in [-0.39, 0.29) is 0 Å². The van der Waals surface area contributed by atoms with Crippen molar-refractivity contribution in [3.63, 3.8) is 0 Å². The van der Waals surface area contributed by atoms with Crippen molar-refractivity contribution in [3.05, 3.63) is 69.7 Å². The fraction of sp³-hybridized carbons (Fsp3) is 0.0769. The van der Waals surface area contributed by atoms with Crippen LogP contribution in [0.2, 0.25) is 0 Å². The first-order valence-electron chi connectivity index (χ1n) is 4.97. The van der Waals surface area contributed by atoms with Crippen molar-refractivity contribution in [2.75, 3.05) is 0 Å². The topological polar surface area (TPSA) is 20.2 Å². The van der Waals surface area contributed by atoms with Gasteiger partial charge in [0.2, 0.25) is 0 Å². The molecule has 1 atom stereocenters. The first-order chi connectivity index (χ1) is 8.09. The molecule has 2 aromatic carbocycles. The van der Waals surface area contributed by atoms with Crippen molar-refractivity contribution in [2.45, 2.75) is 6.10 Å². The van der Waals surface area contributed by atoms with E-state index >= 15 is 0 Å². The summed E-state index contributed by atoms with van der Waals surface area (Å²) in [4.78, 5) is 0. The summed E-state index contributed by atoms with van der Waals surface area (Å²) in [5.74, 6) is -1.89. The molecule has 0 aliphatic heterocycles. The summed E-state index contributed by atoms with van der Waals surface area (Å²) in [6, 6.07) is 10.4. The van der Waals surface area contributed by atoms with Crippen molar-refractivity contribution >= 4 is 15.9 Å². The average Bonchev–Trinajstić information content (AvgIpc) is 2.32. The average molecular weight is 299 g/mol. The maximum Gasteiger partial charge on any atom is 0.159 e. The van der Waals surface area contributed by atoms with Crippen LogP contribution in [0, 0.1) is 11.6 Å². The Hall–Kier alpha value is -1.26. The van der Waals surface area contributed by atoms with E-state index in [4.69, 9.17) is 0 Å². The van der Waals surface area contributed by atoms with Gasteiger partial charge in [0.15, 0.2) is 11.6 Å². The molecule has 0 aromatic heterocycles. The van der Waals surface area contributed by atoms with Crippen LogP contribution in [0.25, 0.3) is 0 Å². The Morgan fingerprint density at radius 3 is 2.35 bits per heavy atom. The van der Waals surface area contributed by atoms with E-state index in [1.165, 1.54) is 6.07 Å². The van der Waals surface area contributed by atoms with Crippen LogP contribution in [0.3, 0.4) is 0 Å². The van der Waals surface area contributed by atoms with Crippen LogP contribution < -0.4 is 0 Å². The van der Waals surface area contributed by atoms with Gasteiger partial charge in [0.25, 0.3) is 0 Å². The monoisotopic (exact) mass is 298 g/mol. The number of hydrogen-bond acceptors (Lipinski definition) is 1. The van der Waals surface area contributed by atoms with Crippen molar-refractivity contribution < 1.29 is 13.9 Å². The summed E-state index contributed by atoms with van der Waals surface area (Å²) >= 11 is 3.30. The van der Waals surface area contributed by atoms with Crippen LogP contribution in [-0.2, 0) is 0 Å². The zero-order valence-corrected chi connectivity index (χ0v) is 10.3. The zero-order chi connectivity index (χ0) is 12.4. The summed E-state index contributed by atoms with van der Waals surface area (Å²) < 4.78 is 26.6. The Morgan fingerprint density at radius 1 is 1.00 bits per heavy atom. The second-order valence-corrected chi connectivity index (χ2v) is 4.45. The quantitative estimate of drug-likeness (QED) is 0.894. The highest BCUT2D eigenvalue weighted by atomic mass is 79.9. The Kier molecular flexibility index (Phi) is 3.54. The molecule has 88 valence electrons. The molecule has 0 bridgehead atoms. The largest absolute Gasteiger partial charge is 0.384 e. The summed E-state index contributed by atoms with van der Waals surface area (Å²) in [7, 11) is 0. The molecule has 4 heteroatoms. The lowest BCUT2D eigenvalue weighted by molar-refractivity contribution is 0.218. The highest BCUT2D eigenvalue weighted by Gasteiger charge is 2.14. The van der Waals surface area contributed by atoms with E-state index in [1.807, 2.05) is 6.07 Å². The molecule has 17 heavy (non-hydrogen) atoms. The third-order valence-corrected chi connectivity index (χ3v) is 3.18. The Labute approximate surface area is 106 Å². The number of aliphatic hydroxyl groups excluding tert-OH is 1. The number of hydrogen-bond donors (Lipinski definition) is 1. The molecule has 0 unspecified atom stereocenters. The molecule has 0 saturated carbocycles. The second-order valence-electron chi connectivity index (χ2n) is 3.60. The van der Waals surface area contributed by atoms with Crippen LogP contribution in [0.4, 0.5) is 8.78 Å². The smallest absolute Gasteiger partial charge is 0.159 e. The van der Waals surface area contributed by atoms with Gasteiger partial charge in [-0.3, -0.25) is 0 Å². The molecule has 2 rings (SSSR count). The minimum atomic E-state index is -0.985. The summed E-state index contributed by atoms with van der Waals surface area (Å²) in [5.41, 5.74) is 0.925. The van der Waals surface area contributed by atoms with Gasteiger partial charge in [-0.1, -0.05) is 40.2 Å². The summed E-state index contributed by atoms with van der Waals surface area (Å²) in [5, 5.41) is 10.1. The summed E-state index contributed by atoms with van der Waals surface area (Å²) in [6.07, 6.45) is -0.985. The molecule has 0 amide bonds. The number of aliphatic hydroxyl groups is 1. The fourth-order valence-corrected chi connectivity index (χ4v) is 2.06. The van der Waals surface area contributed by atoms with Crippen LogP contribution in [-0.4, -0.2) is 5.11 Å². The molecule has 2 aromatic rings. The predicted molar refractivity (Wildman–Crippen MR) is 64.6 cm³/mol. The van der Waals surface area contributed by atoms with E-state index < -0.39 is 17.7 Å². The SMILES string of the molecule is O[C@@H](c1ccc(F)c(F)c1)c1ccccc1Br. The van der Waals surface area contributed by atoms with Gasteiger partial charge < -0.3 is 5.11 Å². The number of halogens is 3. The molecule has 0 radical (unpaired) electrons. The maximum atomic E-state index is 13.1. The minimum absolute atomic E-state index is 0.316. The molecule has 0 saturated heterocycles. The highest BCUT2D eigenvalue weighted by Crippen LogP contribution is 2.28. The maximum absolute atomic E-state index is 13.1. The molecule has 1 nitrogen and oxygen atoms in total. The second kappa shape index (κ2) is 4.94. The molecule has 0 aliphatic carbocycles. The minimum Gasteiger partial charge on any atom is -0.384 e. The zero-order valence-electron chi connectivity index (χ0n) is 8.70. The Morgan fingerprint density at radius 2 is 1.71 bits per heavy atom. The van der Waals surface area contributed by atoms with Crippen LogP contribution in [0.15, 0.2) is 46.9 Å². The van der Waals surface area contributed by atoms with Crippen LogP contribution >= 0.6 is 15.9 Å². The van der Waals surface area contributed by atoms with Gasteiger partial charge in [0.1, 0.15) is 6.10 Å². The van der Waals surface area contributed by atoms with E-state index in [2.05, 4.69) is 15.9 Å². The first kappa shape index (κ1) is 12.2. The van der Waals surface area contributed by atoms with E-state index in [1.54, 1.807) is 18.2 Å². The lowest BCUT2D eigenvalue weighted by atomic mass is 10.0. The highest BCUT2D eigenvalue weighted by molar-refractivity contribution is 9.10. The van der Waals surface area contributed by atoms with Crippen molar-refractivity contribution in [2.24, 2.45) is 0 Å². The van der Waals surface area contributed by atoms with E-state index in [9.17, 15) is 13.9 Å². The number of rotatable bonds is 2. The molecule has 0 fully saturated rings.